The SMILES string of the molecule is Nc1cc2cn[nH]c2cc1Nc1c(F)c(F)cc(F)c1F. The number of H-pyrrole nitrogens is 1. The highest BCUT2D eigenvalue weighted by atomic mass is 19.2. The van der Waals surface area contributed by atoms with E-state index in [9.17, 15) is 17.6 Å². The Hall–Kier alpha value is -2.77. The summed E-state index contributed by atoms with van der Waals surface area (Å²) in [5, 5.41) is 9.38. The number of nitrogens with zero attached hydrogens (tertiary/aromatic N) is 1. The second-order valence-electron chi connectivity index (χ2n) is 4.36. The zero-order chi connectivity index (χ0) is 15.1. The number of hydrogen-bond donors (Lipinski definition) is 3. The van der Waals surface area contributed by atoms with E-state index < -0.39 is 29.0 Å². The first kappa shape index (κ1) is 13.2. The van der Waals surface area contributed by atoms with E-state index in [0.29, 0.717) is 10.9 Å². The molecule has 4 N–H and O–H groups in total. The largest absolute Gasteiger partial charge is 0.397 e. The number of rotatable bonds is 2. The lowest BCUT2D eigenvalue weighted by molar-refractivity contribution is 0.459. The predicted octanol–water partition coefficient (Wildman–Crippen LogP) is 3.45. The number of nitrogens with one attached hydrogen (secondary N) is 2. The summed E-state index contributed by atoms with van der Waals surface area (Å²) in [7, 11) is 0. The van der Waals surface area contributed by atoms with Crippen LogP contribution in [0.15, 0.2) is 24.4 Å². The molecule has 0 unspecified atom stereocenters. The molecule has 1 heterocycles. The van der Waals surface area contributed by atoms with Crippen molar-refractivity contribution in [3.63, 3.8) is 0 Å². The van der Waals surface area contributed by atoms with Crippen LogP contribution in [-0.2, 0) is 0 Å². The van der Waals surface area contributed by atoms with Gasteiger partial charge in [0, 0.05) is 11.5 Å². The fourth-order valence-corrected chi connectivity index (χ4v) is 1.93. The quantitative estimate of drug-likeness (QED) is 0.385. The third-order valence-electron chi connectivity index (χ3n) is 2.98. The molecular weight excluding hydrogens is 288 g/mol. The zero-order valence-corrected chi connectivity index (χ0v) is 10.3. The van der Waals surface area contributed by atoms with E-state index in [2.05, 4.69) is 15.5 Å². The van der Waals surface area contributed by atoms with Crippen molar-refractivity contribution in [1.82, 2.24) is 10.2 Å². The van der Waals surface area contributed by atoms with Crippen molar-refractivity contribution in [1.29, 1.82) is 0 Å². The van der Waals surface area contributed by atoms with Crippen LogP contribution in [0.1, 0.15) is 0 Å². The van der Waals surface area contributed by atoms with Gasteiger partial charge in [0.1, 0.15) is 5.69 Å². The molecule has 0 amide bonds. The maximum atomic E-state index is 13.6. The highest BCUT2D eigenvalue weighted by Gasteiger charge is 2.20. The summed E-state index contributed by atoms with van der Waals surface area (Å²) in [6.45, 7) is 0. The average Bonchev–Trinajstić information content (AvgIpc) is 2.88. The van der Waals surface area contributed by atoms with Crippen LogP contribution in [0.2, 0.25) is 0 Å². The van der Waals surface area contributed by atoms with Gasteiger partial charge >= 0.3 is 0 Å². The predicted molar refractivity (Wildman–Crippen MR) is 70.1 cm³/mol. The van der Waals surface area contributed by atoms with Crippen molar-refractivity contribution in [2.24, 2.45) is 0 Å². The molecule has 0 saturated heterocycles. The third kappa shape index (κ3) is 2.14. The van der Waals surface area contributed by atoms with Crippen LogP contribution in [0.25, 0.3) is 10.9 Å². The molecule has 0 spiro atoms. The Balaban J connectivity index is 2.12. The van der Waals surface area contributed by atoms with Gasteiger partial charge in [-0.25, -0.2) is 17.6 Å². The normalized spacial score (nSPS) is 11.0. The van der Waals surface area contributed by atoms with Gasteiger partial charge in [-0.2, -0.15) is 5.10 Å². The molecule has 4 nitrogen and oxygen atoms in total. The van der Waals surface area contributed by atoms with Crippen LogP contribution in [0.5, 0.6) is 0 Å². The van der Waals surface area contributed by atoms with Gasteiger partial charge in [-0.15, -0.1) is 0 Å². The van der Waals surface area contributed by atoms with Crippen LogP contribution in [0.3, 0.4) is 0 Å². The number of aromatic amines is 1. The van der Waals surface area contributed by atoms with Gasteiger partial charge in [-0.3, -0.25) is 5.10 Å². The Morgan fingerprint density at radius 2 is 1.67 bits per heavy atom. The third-order valence-corrected chi connectivity index (χ3v) is 2.98. The van der Waals surface area contributed by atoms with Gasteiger partial charge in [0.15, 0.2) is 23.3 Å². The molecule has 2 aromatic carbocycles. The number of benzene rings is 2. The van der Waals surface area contributed by atoms with Gasteiger partial charge in [0.2, 0.25) is 0 Å². The smallest absolute Gasteiger partial charge is 0.185 e. The molecule has 3 rings (SSSR count). The molecule has 0 aliphatic heterocycles. The fraction of sp³-hybridized carbons (Fsp3) is 0. The van der Waals surface area contributed by atoms with E-state index in [1.807, 2.05) is 0 Å². The summed E-state index contributed by atoms with van der Waals surface area (Å²) in [4.78, 5) is 0. The Morgan fingerprint density at radius 1 is 1.00 bits per heavy atom. The summed E-state index contributed by atoms with van der Waals surface area (Å²) in [6.07, 6.45) is 1.51. The zero-order valence-electron chi connectivity index (χ0n) is 10.3. The molecule has 0 saturated carbocycles. The Labute approximate surface area is 115 Å². The van der Waals surface area contributed by atoms with Crippen LogP contribution >= 0.6 is 0 Å². The Kier molecular flexibility index (Phi) is 2.93. The highest BCUT2D eigenvalue weighted by Crippen LogP contribution is 2.31. The van der Waals surface area contributed by atoms with Gasteiger partial charge in [0.25, 0.3) is 0 Å². The molecule has 0 aliphatic carbocycles. The summed E-state index contributed by atoms with van der Waals surface area (Å²) >= 11 is 0. The molecule has 0 atom stereocenters. The number of anilines is 3. The Morgan fingerprint density at radius 3 is 2.33 bits per heavy atom. The van der Waals surface area contributed by atoms with Gasteiger partial charge < -0.3 is 11.1 Å². The van der Waals surface area contributed by atoms with E-state index in [4.69, 9.17) is 5.73 Å². The molecule has 3 aromatic rings. The Bertz CT molecular complexity index is 818. The first-order valence-corrected chi connectivity index (χ1v) is 5.80. The molecule has 0 bridgehead atoms. The second kappa shape index (κ2) is 4.65. The molecular formula is C13H8F4N4. The van der Waals surface area contributed by atoms with Gasteiger partial charge in [0.05, 0.1) is 23.1 Å². The summed E-state index contributed by atoms with van der Waals surface area (Å²) in [5.74, 6) is -6.06. The highest BCUT2D eigenvalue weighted by molar-refractivity contribution is 5.90. The number of nitrogen functional groups attached to an aromatic ring is 1. The van der Waals surface area contributed by atoms with Crippen molar-refractivity contribution >= 4 is 28.0 Å². The molecule has 21 heavy (non-hydrogen) atoms. The summed E-state index contributed by atoms with van der Waals surface area (Å²) in [5.41, 5.74) is 5.57. The monoisotopic (exact) mass is 296 g/mol. The van der Waals surface area contributed by atoms with E-state index in [1.54, 1.807) is 0 Å². The average molecular weight is 296 g/mol. The maximum Gasteiger partial charge on any atom is 0.185 e. The van der Waals surface area contributed by atoms with Crippen molar-refractivity contribution < 1.29 is 17.6 Å². The number of nitrogens with two attached hydrogens (primary N) is 1. The molecule has 8 heteroatoms. The van der Waals surface area contributed by atoms with Crippen molar-refractivity contribution in [3.05, 3.63) is 47.7 Å². The summed E-state index contributed by atoms with van der Waals surface area (Å²) in [6, 6.07) is 3.07. The minimum Gasteiger partial charge on any atom is -0.397 e. The standard InChI is InChI=1S/C13H8F4N4/c14-6-2-7(15)12(17)13(11(6)16)20-10-3-9-5(1-8(10)18)4-19-21-9/h1-4,20H,18H2,(H,19,21). The van der Waals surface area contributed by atoms with Crippen molar-refractivity contribution in [3.8, 4) is 0 Å². The first-order valence-electron chi connectivity index (χ1n) is 5.80. The topological polar surface area (TPSA) is 66.7 Å². The lowest BCUT2D eigenvalue weighted by Gasteiger charge is -2.12. The molecule has 0 fully saturated rings. The van der Waals surface area contributed by atoms with Crippen molar-refractivity contribution in [2.75, 3.05) is 11.1 Å². The molecule has 108 valence electrons. The van der Waals surface area contributed by atoms with Crippen LogP contribution < -0.4 is 11.1 Å². The van der Waals surface area contributed by atoms with Crippen molar-refractivity contribution in [2.45, 2.75) is 0 Å². The number of hydrogen-bond acceptors (Lipinski definition) is 3. The van der Waals surface area contributed by atoms with E-state index in [0.717, 1.165) is 0 Å². The van der Waals surface area contributed by atoms with Gasteiger partial charge in [-0.05, 0) is 12.1 Å². The van der Waals surface area contributed by atoms with Gasteiger partial charge in [-0.1, -0.05) is 0 Å². The molecule has 1 aromatic heterocycles. The number of aromatic nitrogens is 2. The van der Waals surface area contributed by atoms with Crippen LogP contribution in [-0.4, -0.2) is 10.2 Å². The van der Waals surface area contributed by atoms with E-state index in [-0.39, 0.29) is 17.4 Å². The lowest BCUT2D eigenvalue weighted by Crippen LogP contribution is -2.04. The lowest BCUT2D eigenvalue weighted by atomic mass is 10.2. The first-order chi connectivity index (χ1) is 9.97. The number of fused-ring (bicyclic) bond motifs is 1. The van der Waals surface area contributed by atoms with E-state index in [1.165, 1.54) is 18.3 Å². The minimum absolute atomic E-state index is 0.0922. The van der Waals surface area contributed by atoms with E-state index >= 15 is 0 Å². The maximum absolute atomic E-state index is 13.6. The van der Waals surface area contributed by atoms with Crippen LogP contribution in [0, 0.1) is 23.3 Å². The van der Waals surface area contributed by atoms with Crippen LogP contribution in [0.4, 0.5) is 34.6 Å². The molecule has 0 aliphatic rings. The summed E-state index contributed by atoms with van der Waals surface area (Å²) < 4.78 is 53.5. The molecule has 0 radical (unpaired) electrons. The minimum atomic E-state index is -1.53. The second-order valence-corrected chi connectivity index (χ2v) is 4.36. The number of halogens is 4. The fourth-order valence-electron chi connectivity index (χ4n) is 1.93.